The molecular weight excluding hydrogens is 370 g/mol. The van der Waals surface area contributed by atoms with Crippen LogP contribution < -0.4 is 15.6 Å². The van der Waals surface area contributed by atoms with E-state index >= 15 is 0 Å². The fourth-order valence-electron chi connectivity index (χ4n) is 1.71. The smallest absolute Gasteiger partial charge is 0.243 e. The van der Waals surface area contributed by atoms with Gasteiger partial charge in [0.1, 0.15) is 0 Å². The number of rotatable bonds is 8. The number of nitrogens with zero attached hydrogens (tertiary/aromatic N) is 1. The first-order chi connectivity index (χ1) is 11.0. The standard InChI is InChI=1S/C14H18BrN3O5/c1-23-11-7-10(15)6-9(14(11)21)8-16-17-12(19)4-2-3-5-13(20)18-22/h6-8,21-22H,2-5H2,1H3,(H,17,19)(H,18,20)/b16-8+. The Bertz CT molecular complexity index is 592. The summed E-state index contributed by atoms with van der Waals surface area (Å²) in [5.41, 5.74) is 4.24. The summed E-state index contributed by atoms with van der Waals surface area (Å²) in [4.78, 5) is 22.3. The first-order valence-corrected chi connectivity index (χ1v) is 7.58. The first-order valence-electron chi connectivity index (χ1n) is 6.79. The second kappa shape index (κ2) is 9.80. The summed E-state index contributed by atoms with van der Waals surface area (Å²) in [5.74, 6) is -0.590. The molecule has 8 nitrogen and oxygen atoms in total. The number of hydrazone groups is 1. The van der Waals surface area contributed by atoms with Crippen LogP contribution in [0.2, 0.25) is 0 Å². The third-order valence-electron chi connectivity index (χ3n) is 2.86. The van der Waals surface area contributed by atoms with Gasteiger partial charge in [-0.15, -0.1) is 0 Å². The molecule has 4 N–H and O–H groups in total. The topological polar surface area (TPSA) is 120 Å². The van der Waals surface area contributed by atoms with Gasteiger partial charge in [-0.1, -0.05) is 15.9 Å². The number of benzene rings is 1. The Morgan fingerprint density at radius 3 is 2.57 bits per heavy atom. The van der Waals surface area contributed by atoms with E-state index in [0.29, 0.717) is 22.9 Å². The molecule has 0 aromatic heterocycles. The molecule has 0 aliphatic rings. The number of methoxy groups -OCH3 is 1. The Morgan fingerprint density at radius 1 is 1.30 bits per heavy atom. The van der Waals surface area contributed by atoms with Crippen molar-refractivity contribution in [2.45, 2.75) is 25.7 Å². The fourth-order valence-corrected chi connectivity index (χ4v) is 2.16. The maximum absolute atomic E-state index is 11.6. The molecule has 0 bridgehead atoms. The summed E-state index contributed by atoms with van der Waals surface area (Å²) < 4.78 is 5.70. The zero-order valence-electron chi connectivity index (χ0n) is 12.5. The van der Waals surface area contributed by atoms with E-state index in [1.165, 1.54) is 18.8 Å². The van der Waals surface area contributed by atoms with Crippen LogP contribution in [-0.4, -0.2) is 35.5 Å². The monoisotopic (exact) mass is 387 g/mol. The van der Waals surface area contributed by atoms with Crippen molar-refractivity contribution < 1.29 is 24.6 Å². The van der Waals surface area contributed by atoms with Gasteiger partial charge in [-0.2, -0.15) is 5.10 Å². The van der Waals surface area contributed by atoms with Crippen molar-refractivity contribution in [2.75, 3.05) is 7.11 Å². The average molecular weight is 388 g/mol. The van der Waals surface area contributed by atoms with Crippen molar-refractivity contribution in [3.63, 3.8) is 0 Å². The number of unbranched alkanes of at least 4 members (excludes halogenated alkanes) is 1. The minimum atomic E-state index is -0.484. The lowest BCUT2D eigenvalue weighted by Gasteiger charge is -2.06. The van der Waals surface area contributed by atoms with E-state index in [4.69, 9.17) is 9.94 Å². The van der Waals surface area contributed by atoms with Crippen molar-refractivity contribution in [1.82, 2.24) is 10.9 Å². The molecule has 9 heteroatoms. The molecule has 0 unspecified atom stereocenters. The van der Waals surface area contributed by atoms with Gasteiger partial charge < -0.3 is 9.84 Å². The molecule has 23 heavy (non-hydrogen) atoms. The third-order valence-corrected chi connectivity index (χ3v) is 3.32. The van der Waals surface area contributed by atoms with Crippen LogP contribution in [0.4, 0.5) is 0 Å². The lowest BCUT2D eigenvalue weighted by atomic mass is 10.2. The molecule has 0 radical (unpaired) electrons. The number of hydroxylamine groups is 1. The molecule has 0 atom stereocenters. The Hall–Kier alpha value is -2.13. The van der Waals surface area contributed by atoms with Gasteiger partial charge >= 0.3 is 0 Å². The first kappa shape index (κ1) is 18.9. The number of hydrogen-bond donors (Lipinski definition) is 4. The minimum Gasteiger partial charge on any atom is -0.504 e. The van der Waals surface area contributed by atoms with Crippen molar-refractivity contribution in [3.05, 3.63) is 22.2 Å². The molecular formula is C14H18BrN3O5. The Balaban J connectivity index is 2.45. The highest BCUT2D eigenvalue weighted by atomic mass is 79.9. The summed E-state index contributed by atoms with van der Waals surface area (Å²) in [6, 6.07) is 3.23. The molecule has 1 aromatic rings. The van der Waals surface area contributed by atoms with Gasteiger partial charge in [0.05, 0.1) is 13.3 Å². The molecule has 1 aromatic carbocycles. The molecule has 0 saturated carbocycles. The van der Waals surface area contributed by atoms with Crippen molar-refractivity contribution >= 4 is 34.0 Å². The van der Waals surface area contributed by atoms with E-state index in [-0.39, 0.29) is 30.2 Å². The summed E-state index contributed by atoms with van der Waals surface area (Å²) >= 11 is 3.28. The van der Waals surface area contributed by atoms with Crippen molar-refractivity contribution in [2.24, 2.45) is 5.10 Å². The number of amides is 2. The molecule has 2 amide bonds. The molecule has 0 aliphatic heterocycles. The molecule has 0 aliphatic carbocycles. The van der Waals surface area contributed by atoms with Crippen LogP contribution in [0.1, 0.15) is 31.2 Å². The Morgan fingerprint density at radius 2 is 1.96 bits per heavy atom. The second-order valence-corrected chi connectivity index (χ2v) is 5.50. The summed E-state index contributed by atoms with van der Waals surface area (Å²) in [6.45, 7) is 0. The SMILES string of the molecule is COc1cc(Br)cc(/C=N/NC(=O)CCCCC(=O)NO)c1O. The maximum atomic E-state index is 11.6. The summed E-state index contributed by atoms with van der Waals surface area (Å²) in [5, 5.41) is 22.0. The predicted octanol–water partition coefficient (Wildman–Crippen LogP) is 1.68. The normalized spacial score (nSPS) is 10.6. The number of carbonyl (C=O) groups excluding carboxylic acids is 2. The third kappa shape index (κ3) is 6.66. The van der Waals surface area contributed by atoms with Gasteiger partial charge in [0.25, 0.3) is 0 Å². The van der Waals surface area contributed by atoms with E-state index in [2.05, 4.69) is 26.5 Å². The lowest BCUT2D eigenvalue weighted by molar-refractivity contribution is -0.129. The Kier molecular flexibility index (Phi) is 8.06. The fraction of sp³-hybridized carbons (Fsp3) is 0.357. The van der Waals surface area contributed by atoms with E-state index in [9.17, 15) is 14.7 Å². The van der Waals surface area contributed by atoms with Gasteiger partial charge in [-0.25, -0.2) is 10.9 Å². The number of carbonyl (C=O) groups is 2. The largest absolute Gasteiger partial charge is 0.504 e. The van der Waals surface area contributed by atoms with E-state index in [1.54, 1.807) is 12.1 Å². The second-order valence-electron chi connectivity index (χ2n) is 4.58. The van der Waals surface area contributed by atoms with Crippen molar-refractivity contribution in [3.8, 4) is 11.5 Å². The minimum absolute atomic E-state index is 0.0799. The highest BCUT2D eigenvalue weighted by Crippen LogP contribution is 2.32. The van der Waals surface area contributed by atoms with Crippen LogP contribution in [0.15, 0.2) is 21.7 Å². The molecule has 0 spiro atoms. The Labute approximate surface area is 141 Å². The van der Waals surface area contributed by atoms with Gasteiger partial charge in [0.15, 0.2) is 11.5 Å². The van der Waals surface area contributed by atoms with E-state index < -0.39 is 5.91 Å². The molecule has 0 fully saturated rings. The number of ether oxygens (including phenoxy) is 1. The van der Waals surface area contributed by atoms with E-state index in [1.807, 2.05) is 0 Å². The van der Waals surface area contributed by atoms with Gasteiger partial charge in [-0.3, -0.25) is 14.8 Å². The van der Waals surface area contributed by atoms with Crippen LogP contribution in [0.3, 0.4) is 0 Å². The highest BCUT2D eigenvalue weighted by molar-refractivity contribution is 9.10. The average Bonchev–Trinajstić information content (AvgIpc) is 2.54. The summed E-state index contributed by atoms with van der Waals surface area (Å²) in [7, 11) is 1.43. The number of phenols is 1. The number of halogens is 1. The number of nitrogens with one attached hydrogen (secondary N) is 2. The van der Waals surface area contributed by atoms with Crippen LogP contribution in [0.5, 0.6) is 11.5 Å². The van der Waals surface area contributed by atoms with Crippen LogP contribution >= 0.6 is 15.9 Å². The maximum Gasteiger partial charge on any atom is 0.243 e. The van der Waals surface area contributed by atoms with Gasteiger partial charge in [0.2, 0.25) is 11.8 Å². The zero-order valence-corrected chi connectivity index (χ0v) is 14.1. The quantitative estimate of drug-likeness (QED) is 0.234. The van der Waals surface area contributed by atoms with Crippen molar-refractivity contribution in [1.29, 1.82) is 0 Å². The molecule has 0 saturated heterocycles. The molecule has 0 heterocycles. The van der Waals surface area contributed by atoms with Gasteiger partial charge in [0, 0.05) is 22.9 Å². The zero-order chi connectivity index (χ0) is 17.2. The van der Waals surface area contributed by atoms with Gasteiger partial charge in [-0.05, 0) is 25.0 Å². The number of phenolic OH excluding ortho intramolecular Hbond substituents is 1. The number of aromatic hydroxyl groups is 1. The van der Waals surface area contributed by atoms with Crippen LogP contribution in [-0.2, 0) is 9.59 Å². The highest BCUT2D eigenvalue weighted by Gasteiger charge is 2.08. The van der Waals surface area contributed by atoms with Crippen LogP contribution in [0.25, 0.3) is 0 Å². The molecule has 126 valence electrons. The molecule has 1 rings (SSSR count). The predicted molar refractivity (Wildman–Crippen MR) is 86.5 cm³/mol. The van der Waals surface area contributed by atoms with Crippen LogP contribution in [0, 0.1) is 0 Å². The summed E-state index contributed by atoms with van der Waals surface area (Å²) in [6.07, 6.45) is 2.63. The van der Waals surface area contributed by atoms with E-state index in [0.717, 1.165) is 0 Å². The lowest BCUT2D eigenvalue weighted by Crippen LogP contribution is -2.19. The number of hydrogen-bond acceptors (Lipinski definition) is 6.